The molecule has 0 saturated carbocycles. The number of hydrogen-bond acceptors (Lipinski definition) is 2. The van der Waals surface area contributed by atoms with E-state index in [0.717, 1.165) is 29.8 Å². The average Bonchev–Trinajstić information content (AvgIpc) is 2.83. The number of carbonyl (C=O) groups is 1. The van der Waals surface area contributed by atoms with Crippen LogP contribution in [0, 0.1) is 0 Å². The zero-order valence-electron chi connectivity index (χ0n) is 14.7. The fraction of sp³-hybridized carbons (Fsp3) is 0.238. The minimum atomic E-state index is -0.00797. The van der Waals surface area contributed by atoms with Crippen LogP contribution in [0.5, 0.6) is 0 Å². The number of nitrogens with zero attached hydrogens (tertiary/aromatic N) is 3. The maximum Gasteiger partial charge on any atom is 0.255 e. The van der Waals surface area contributed by atoms with Gasteiger partial charge in [-0.15, -0.1) is 0 Å². The minimum Gasteiger partial charge on any atom is -0.338 e. The lowest BCUT2D eigenvalue weighted by Crippen LogP contribution is -2.33. The molecule has 2 heterocycles. The minimum absolute atomic E-state index is 0.00797. The molecule has 0 unspecified atom stereocenters. The molecular formula is C21H20ClN3O. The summed E-state index contributed by atoms with van der Waals surface area (Å²) in [4.78, 5) is 14.8. The van der Waals surface area contributed by atoms with Crippen molar-refractivity contribution in [2.75, 3.05) is 13.1 Å². The Morgan fingerprint density at radius 2 is 1.69 bits per heavy atom. The highest BCUT2D eigenvalue weighted by atomic mass is 35.5. The van der Waals surface area contributed by atoms with Gasteiger partial charge in [-0.3, -0.25) is 9.48 Å². The summed E-state index contributed by atoms with van der Waals surface area (Å²) in [5, 5.41) is 5.23. The summed E-state index contributed by atoms with van der Waals surface area (Å²) in [6, 6.07) is 17.5. The van der Waals surface area contributed by atoms with Crippen LogP contribution >= 0.6 is 11.6 Å². The Hall–Kier alpha value is -2.59. The maximum atomic E-state index is 12.9. The quantitative estimate of drug-likeness (QED) is 0.689. The Morgan fingerprint density at radius 3 is 2.46 bits per heavy atom. The highest BCUT2D eigenvalue weighted by Crippen LogP contribution is 2.29. The van der Waals surface area contributed by atoms with Crippen LogP contribution in [0.4, 0.5) is 0 Å². The van der Waals surface area contributed by atoms with Gasteiger partial charge in [0.05, 0.1) is 22.0 Å². The first kappa shape index (κ1) is 16.9. The van der Waals surface area contributed by atoms with Gasteiger partial charge in [-0.1, -0.05) is 54.1 Å². The van der Waals surface area contributed by atoms with Crippen LogP contribution in [0.2, 0.25) is 5.02 Å². The van der Waals surface area contributed by atoms with E-state index in [-0.39, 0.29) is 5.91 Å². The molecule has 1 aliphatic heterocycles. The summed E-state index contributed by atoms with van der Waals surface area (Å²) in [5.74, 6) is -0.00797. The smallest absolute Gasteiger partial charge is 0.255 e. The number of amides is 1. The molecule has 0 N–H and O–H groups in total. The van der Waals surface area contributed by atoms with Gasteiger partial charge in [0.25, 0.3) is 5.91 Å². The Kier molecular flexibility index (Phi) is 4.51. The summed E-state index contributed by atoms with van der Waals surface area (Å²) in [6.07, 6.45) is 1.55. The van der Waals surface area contributed by atoms with E-state index >= 15 is 0 Å². The second kappa shape index (κ2) is 6.96. The average molecular weight is 366 g/mol. The van der Waals surface area contributed by atoms with Gasteiger partial charge in [-0.25, -0.2) is 0 Å². The Balaban J connectivity index is 1.62. The largest absolute Gasteiger partial charge is 0.338 e. The summed E-state index contributed by atoms with van der Waals surface area (Å²) >= 11 is 6.21. The number of aryl methyl sites for hydroxylation is 1. The Morgan fingerprint density at radius 1 is 1.00 bits per heavy atom. The van der Waals surface area contributed by atoms with Crippen LogP contribution in [0.3, 0.4) is 0 Å². The van der Waals surface area contributed by atoms with Crippen molar-refractivity contribution < 1.29 is 4.79 Å². The van der Waals surface area contributed by atoms with Crippen LogP contribution in [0.25, 0.3) is 11.3 Å². The van der Waals surface area contributed by atoms with Gasteiger partial charge in [-0.2, -0.15) is 5.10 Å². The second-order valence-corrected chi connectivity index (χ2v) is 6.94. The van der Waals surface area contributed by atoms with Crippen molar-refractivity contribution in [3.8, 4) is 11.3 Å². The van der Waals surface area contributed by atoms with Crippen molar-refractivity contribution >= 4 is 17.5 Å². The third-order valence-corrected chi connectivity index (χ3v) is 5.25. The second-order valence-electron chi connectivity index (χ2n) is 6.54. The molecule has 0 aliphatic carbocycles. The summed E-state index contributed by atoms with van der Waals surface area (Å²) < 4.78 is 1.96. The number of benzene rings is 2. The van der Waals surface area contributed by atoms with Crippen molar-refractivity contribution in [3.63, 3.8) is 0 Å². The highest BCUT2D eigenvalue weighted by molar-refractivity contribution is 6.33. The monoisotopic (exact) mass is 365 g/mol. The van der Waals surface area contributed by atoms with E-state index in [2.05, 4.69) is 12.1 Å². The number of halogens is 1. The molecule has 132 valence electrons. The molecule has 1 aromatic heterocycles. The molecule has 26 heavy (non-hydrogen) atoms. The van der Waals surface area contributed by atoms with Gasteiger partial charge in [0.1, 0.15) is 0 Å². The van der Waals surface area contributed by atoms with E-state index in [0.29, 0.717) is 23.7 Å². The predicted octanol–water partition coefficient (Wildman–Crippen LogP) is 3.98. The van der Waals surface area contributed by atoms with Crippen LogP contribution in [-0.2, 0) is 19.9 Å². The van der Waals surface area contributed by atoms with Crippen LogP contribution in [0.15, 0.2) is 54.6 Å². The van der Waals surface area contributed by atoms with E-state index < -0.39 is 0 Å². The van der Waals surface area contributed by atoms with E-state index in [1.54, 1.807) is 12.1 Å². The first-order valence-corrected chi connectivity index (χ1v) is 9.17. The standard InChI is InChI=1S/C21H20ClN3O/c1-24-20(15-7-3-2-4-8-15)17-11-13-25(14-12-19(17)23-24)21(26)16-9-5-6-10-18(16)22/h2-10H,11-14H2,1H3. The lowest BCUT2D eigenvalue weighted by molar-refractivity contribution is 0.0763. The van der Waals surface area contributed by atoms with Crippen molar-refractivity contribution in [1.29, 1.82) is 0 Å². The van der Waals surface area contributed by atoms with Crippen LogP contribution in [-0.4, -0.2) is 33.7 Å². The SMILES string of the molecule is Cn1nc2c(c1-c1ccccc1)CCN(C(=O)c1ccccc1Cl)CC2. The Labute approximate surface area is 158 Å². The third-order valence-electron chi connectivity index (χ3n) is 4.92. The van der Waals surface area contributed by atoms with Crippen molar-refractivity contribution in [2.24, 2.45) is 7.05 Å². The molecule has 4 nitrogen and oxygen atoms in total. The topological polar surface area (TPSA) is 38.1 Å². The molecule has 0 spiro atoms. The highest BCUT2D eigenvalue weighted by Gasteiger charge is 2.25. The zero-order valence-corrected chi connectivity index (χ0v) is 15.4. The molecular weight excluding hydrogens is 346 g/mol. The summed E-state index contributed by atoms with van der Waals surface area (Å²) in [7, 11) is 1.99. The van der Waals surface area contributed by atoms with Gasteiger partial charge in [-0.05, 0) is 18.6 Å². The molecule has 5 heteroatoms. The van der Waals surface area contributed by atoms with E-state index in [1.807, 2.05) is 47.0 Å². The number of carbonyl (C=O) groups excluding carboxylic acids is 1. The van der Waals surface area contributed by atoms with E-state index in [1.165, 1.54) is 5.56 Å². The van der Waals surface area contributed by atoms with Crippen molar-refractivity contribution in [2.45, 2.75) is 12.8 Å². The maximum absolute atomic E-state index is 12.9. The van der Waals surface area contributed by atoms with Gasteiger partial charge >= 0.3 is 0 Å². The van der Waals surface area contributed by atoms with Gasteiger partial charge in [0, 0.05) is 37.7 Å². The number of hydrogen-bond donors (Lipinski definition) is 0. The van der Waals surface area contributed by atoms with Gasteiger partial charge in [0.2, 0.25) is 0 Å². The molecule has 3 aromatic rings. The molecule has 0 bridgehead atoms. The first-order chi connectivity index (χ1) is 12.6. The molecule has 2 aromatic carbocycles. The van der Waals surface area contributed by atoms with Crippen LogP contribution < -0.4 is 0 Å². The Bertz CT molecular complexity index is 949. The third kappa shape index (κ3) is 3.01. The normalized spacial score (nSPS) is 14.0. The van der Waals surface area contributed by atoms with Crippen molar-refractivity contribution in [3.05, 3.63) is 76.4 Å². The number of fused-ring (bicyclic) bond motifs is 1. The first-order valence-electron chi connectivity index (χ1n) is 8.79. The van der Waals surface area contributed by atoms with Gasteiger partial charge < -0.3 is 4.90 Å². The molecule has 0 radical (unpaired) electrons. The number of aromatic nitrogens is 2. The molecule has 4 rings (SSSR count). The predicted molar refractivity (Wildman–Crippen MR) is 103 cm³/mol. The molecule has 1 aliphatic rings. The van der Waals surface area contributed by atoms with E-state index in [4.69, 9.17) is 16.7 Å². The summed E-state index contributed by atoms with van der Waals surface area (Å²) in [6.45, 7) is 1.32. The molecule has 1 amide bonds. The van der Waals surface area contributed by atoms with Gasteiger partial charge in [0.15, 0.2) is 0 Å². The lowest BCUT2D eigenvalue weighted by Gasteiger charge is -2.21. The fourth-order valence-corrected chi connectivity index (χ4v) is 3.87. The zero-order chi connectivity index (χ0) is 18.1. The molecule has 0 fully saturated rings. The van der Waals surface area contributed by atoms with E-state index in [9.17, 15) is 4.79 Å². The molecule has 0 saturated heterocycles. The van der Waals surface area contributed by atoms with Crippen molar-refractivity contribution in [1.82, 2.24) is 14.7 Å². The lowest BCUT2D eigenvalue weighted by atomic mass is 10.0. The fourth-order valence-electron chi connectivity index (χ4n) is 3.65. The number of rotatable bonds is 2. The van der Waals surface area contributed by atoms with Crippen LogP contribution in [0.1, 0.15) is 21.6 Å². The molecule has 0 atom stereocenters. The summed E-state index contributed by atoms with van der Waals surface area (Å²) in [5.41, 5.74) is 5.20.